The molecule has 1 amide bonds. The Hall–Kier alpha value is -1.85. The molecular weight excluding hydrogens is 308 g/mol. The molecule has 2 aromatic rings. The maximum atomic E-state index is 12.2. The van der Waals surface area contributed by atoms with Gasteiger partial charge in [-0.1, -0.05) is 18.2 Å². The summed E-state index contributed by atoms with van der Waals surface area (Å²) in [5.41, 5.74) is 0.911. The Morgan fingerprint density at radius 2 is 1.96 bits per heavy atom. The standard InChI is InChI=1S/C18H22N2O2S/c21-15-7-5-14(6-8-15)12-18(22)19-13-16(17-4-3-11-23-17)20-9-1-2-10-20/h3-8,11,16,21H,1-2,9-10,12-13H2,(H,19,22). The highest BCUT2D eigenvalue weighted by Gasteiger charge is 2.24. The summed E-state index contributed by atoms with van der Waals surface area (Å²) in [5.74, 6) is 0.248. The van der Waals surface area contributed by atoms with E-state index >= 15 is 0 Å². The Morgan fingerprint density at radius 1 is 1.22 bits per heavy atom. The van der Waals surface area contributed by atoms with Gasteiger partial charge in [-0.2, -0.15) is 0 Å². The summed E-state index contributed by atoms with van der Waals surface area (Å²) in [4.78, 5) is 16.0. The zero-order valence-electron chi connectivity index (χ0n) is 13.1. The van der Waals surface area contributed by atoms with Gasteiger partial charge in [0.1, 0.15) is 5.75 Å². The molecule has 1 unspecified atom stereocenters. The summed E-state index contributed by atoms with van der Waals surface area (Å²) < 4.78 is 0. The van der Waals surface area contributed by atoms with Gasteiger partial charge in [-0.15, -0.1) is 11.3 Å². The molecule has 2 N–H and O–H groups in total. The van der Waals surface area contributed by atoms with Crippen LogP contribution in [0.5, 0.6) is 5.75 Å². The number of nitrogens with zero attached hydrogens (tertiary/aromatic N) is 1. The minimum Gasteiger partial charge on any atom is -0.508 e. The van der Waals surface area contributed by atoms with Crippen LogP contribution in [0.3, 0.4) is 0 Å². The first-order chi connectivity index (χ1) is 11.2. The third-order valence-corrected chi connectivity index (χ3v) is 5.22. The zero-order chi connectivity index (χ0) is 16.1. The molecule has 1 aromatic heterocycles. The van der Waals surface area contributed by atoms with Crippen molar-refractivity contribution in [2.75, 3.05) is 19.6 Å². The molecule has 122 valence electrons. The molecule has 3 rings (SSSR count). The fraction of sp³-hybridized carbons (Fsp3) is 0.389. The number of phenolic OH excluding ortho intramolecular Hbond substituents is 1. The second-order valence-electron chi connectivity index (χ2n) is 5.92. The van der Waals surface area contributed by atoms with Crippen LogP contribution >= 0.6 is 11.3 Å². The first-order valence-corrected chi connectivity index (χ1v) is 8.92. The quantitative estimate of drug-likeness (QED) is 0.856. The molecule has 1 aliphatic rings. The third-order valence-electron chi connectivity index (χ3n) is 4.25. The van der Waals surface area contributed by atoms with Crippen LogP contribution in [-0.2, 0) is 11.2 Å². The molecule has 1 aliphatic heterocycles. The second-order valence-corrected chi connectivity index (χ2v) is 6.90. The predicted octanol–water partition coefficient (Wildman–Crippen LogP) is 2.95. The van der Waals surface area contributed by atoms with Crippen LogP contribution in [0, 0.1) is 0 Å². The number of hydrogen-bond acceptors (Lipinski definition) is 4. The van der Waals surface area contributed by atoms with E-state index < -0.39 is 0 Å². The zero-order valence-corrected chi connectivity index (χ0v) is 13.9. The van der Waals surface area contributed by atoms with E-state index in [1.165, 1.54) is 17.7 Å². The monoisotopic (exact) mass is 330 g/mol. The van der Waals surface area contributed by atoms with E-state index in [1.807, 2.05) is 0 Å². The van der Waals surface area contributed by atoms with Gasteiger partial charge in [0.05, 0.1) is 12.5 Å². The number of carbonyl (C=O) groups excluding carboxylic acids is 1. The fourth-order valence-electron chi connectivity index (χ4n) is 3.02. The van der Waals surface area contributed by atoms with E-state index in [0.29, 0.717) is 13.0 Å². The van der Waals surface area contributed by atoms with Crippen LogP contribution in [0.25, 0.3) is 0 Å². The Balaban J connectivity index is 1.57. The van der Waals surface area contributed by atoms with Gasteiger partial charge >= 0.3 is 0 Å². The topological polar surface area (TPSA) is 52.6 Å². The van der Waals surface area contributed by atoms with Crippen molar-refractivity contribution in [1.82, 2.24) is 10.2 Å². The van der Waals surface area contributed by atoms with Crippen LogP contribution < -0.4 is 5.32 Å². The van der Waals surface area contributed by atoms with Crippen molar-refractivity contribution in [1.29, 1.82) is 0 Å². The number of carbonyl (C=O) groups is 1. The lowest BCUT2D eigenvalue weighted by molar-refractivity contribution is -0.120. The van der Waals surface area contributed by atoms with E-state index in [-0.39, 0.29) is 17.7 Å². The predicted molar refractivity (Wildman–Crippen MR) is 92.7 cm³/mol. The maximum absolute atomic E-state index is 12.2. The van der Waals surface area contributed by atoms with Gasteiger partial charge in [-0.3, -0.25) is 9.69 Å². The van der Waals surface area contributed by atoms with E-state index in [4.69, 9.17) is 0 Å². The van der Waals surface area contributed by atoms with Crippen molar-refractivity contribution in [3.8, 4) is 5.75 Å². The maximum Gasteiger partial charge on any atom is 0.224 e. The number of benzene rings is 1. The minimum atomic E-state index is 0.0245. The van der Waals surface area contributed by atoms with Crippen molar-refractivity contribution in [2.45, 2.75) is 25.3 Å². The minimum absolute atomic E-state index is 0.0245. The SMILES string of the molecule is O=C(Cc1ccc(O)cc1)NCC(c1cccs1)N1CCCC1. The lowest BCUT2D eigenvalue weighted by Crippen LogP contribution is -2.37. The molecule has 0 bridgehead atoms. The van der Waals surface area contributed by atoms with Crippen molar-refractivity contribution in [3.05, 3.63) is 52.2 Å². The highest BCUT2D eigenvalue weighted by Crippen LogP contribution is 2.27. The number of rotatable bonds is 6. The van der Waals surface area contributed by atoms with Crippen LogP contribution in [0.4, 0.5) is 0 Å². The first kappa shape index (κ1) is 16.0. The number of nitrogens with one attached hydrogen (secondary N) is 1. The number of amides is 1. The summed E-state index contributed by atoms with van der Waals surface area (Å²) in [5, 5.41) is 14.5. The molecule has 0 radical (unpaired) electrons. The summed E-state index contributed by atoms with van der Waals surface area (Å²) >= 11 is 1.75. The van der Waals surface area contributed by atoms with Gasteiger partial charge in [0.15, 0.2) is 0 Å². The van der Waals surface area contributed by atoms with Crippen LogP contribution in [-0.4, -0.2) is 35.5 Å². The molecule has 1 aromatic carbocycles. The van der Waals surface area contributed by atoms with Crippen LogP contribution in [0.15, 0.2) is 41.8 Å². The molecule has 1 saturated heterocycles. The van der Waals surface area contributed by atoms with Crippen LogP contribution in [0.1, 0.15) is 29.3 Å². The van der Waals surface area contributed by atoms with E-state index in [2.05, 4.69) is 27.7 Å². The van der Waals surface area contributed by atoms with Crippen molar-refractivity contribution < 1.29 is 9.90 Å². The number of aromatic hydroxyl groups is 1. The highest BCUT2D eigenvalue weighted by atomic mass is 32.1. The van der Waals surface area contributed by atoms with Gasteiger partial charge in [0.25, 0.3) is 0 Å². The normalized spacial score (nSPS) is 16.3. The number of thiophene rings is 1. The Bertz CT molecular complexity index is 619. The lowest BCUT2D eigenvalue weighted by Gasteiger charge is -2.26. The van der Waals surface area contributed by atoms with Crippen LogP contribution in [0.2, 0.25) is 0 Å². The molecule has 0 aliphatic carbocycles. The summed E-state index contributed by atoms with van der Waals surface area (Å²) in [7, 11) is 0. The van der Waals surface area contributed by atoms with Gasteiger partial charge in [-0.25, -0.2) is 0 Å². The second kappa shape index (κ2) is 7.62. The number of phenols is 1. The fourth-order valence-corrected chi connectivity index (χ4v) is 3.88. The number of likely N-dealkylation sites (tertiary alicyclic amines) is 1. The summed E-state index contributed by atoms with van der Waals surface area (Å²) in [6, 6.07) is 11.3. The van der Waals surface area contributed by atoms with E-state index in [9.17, 15) is 9.90 Å². The van der Waals surface area contributed by atoms with Gasteiger partial charge in [0, 0.05) is 11.4 Å². The Kier molecular flexibility index (Phi) is 5.31. The Labute approximate surface area is 140 Å². The molecular formula is C18H22N2O2S. The third kappa shape index (κ3) is 4.33. The summed E-state index contributed by atoms with van der Waals surface area (Å²) in [6.07, 6.45) is 2.82. The smallest absolute Gasteiger partial charge is 0.224 e. The summed E-state index contributed by atoms with van der Waals surface area (Å²) in [6.45, 7) is 2.87. The first-order valence-electron chi connectivity index (χ1n) is 8.04. The number of hydrogen-bond donors (Lipinski definition) is 2. The van der Waals surface area contributed by atoms with Gasteiger partial charge in [-0.05, 0) is 55.1 Å². The molecule has 23 heavy (non-hydrogen) atoms. The molecule has 1 atom stereocenters. The van der Waals surface area contributed by atoms with Gasteiger partial charge in [0.2, 0.25) is 5.91 Å². The van der Waals surface area contributed by atoms with Crippen molar-refractivity contribution in [3.63, 3.8) is 0 Å². The lowest BCUT2D eigenvalue weighted by atomic mass is 10.1. The average Bonchev–Trinajstić information content (AvgIpc) is 3.24. The molecule has 1 fully saturated rings. The van der Waals surface area contributed by atoms with Crippen molar-refractivity contribution in [2.24, 2.45) is 0 Å². The Morgan fingerprint density at radius 3 is 2.61 bits per heavy atom. The van der Waals surface area contributed by atoms with E-state index in [1.54, 1.807) is 35.6 Å². The van der Waals surface area contributed by atoms with E-state index in [0.717, 1.165) is 18.7 Å². The molecule has 4 nitrogen and oxygen atoms in total. The molecule has 0 spiro atoms. The largest absolute Gasteiger partial charge is 0.508 e. The molecule has 5 heteroatoms. The molecule has 0 saturated carbocycles. The highest BCUT2D eigenvalue weighted by molar-refractivity contribution is 7.10. The van der Waals surface area contributed by atoms with Gasteiger partial charge < -0.3 is 10.4 Å². The molecule has 2 heterocycles. The van der Waals surface area contributed by atoms with Crippen molar-refractivity contribution >= 4 is 17.2 Å². The average molecular weight is 330 g/mol.